The Morgan fingerprint density at radius 1 is 0.638 bits per heavy atom. The zero-order valence-corrected chi connectivity index (χ0v) is 36.6. The molecule has 2 aromatic heterocycles. The first-order valence-corrected chi connectivity index (χ1v) is 19.5. The van der Waals surface area contributed by atoms with Gasteiger partial charge in [0.1, 0.15) is 11.6 Å². The molecule has 0 atom stereocenters. The molecule has 0 saturated carbocycles. The predicted molar refractivity (Wildman–Crippen MR) is 238 cm³/mol. The van der Waals surface area contributed by atoms with E-state index in [-0.39, 0.29) is 37.6 Å². The molecule has 2 heterocycles. The summed E-state index contributed by atoms with van der Waals surface area (Å²) in [5.41, 5.74) is 14.9. The van der Waals surface area contributed by atoms with Crippen LogP contribution in [-0.2, 0) is 31.9 Å². The zero-order chi connectivity index (χ0) is 42.7. The number of rotatable bonds is 6. The number of benzene rings is 6. The van der Waals surface area contributed by atoms with Gasteiger partial charge in [-0.15, -0.1) is 29.3 Å². The van der Waals surface area contributed by atoms with Crippen LogP contribution in [0.4, 0.5) is 0 Å². The van der Waals surface area contributed by atoms with Crippen molar-refractivity contribution in [2.24, 2.45) is 0 Å². The van der Waals surface area contributed by atoms with Gasteiger partial charge >= 0.3 is 0 Å². The molecule has 0 aliphatic heterocycles. The molecule has 0 spiro atoms. The number of fused-ring (bicyclic) bond motifs is 1. The third kappa shape index (κ3) is 7.83. The third-order valence-electron chi connectivity index (χ3n) is 10.8. The van der Waals surface area contributed by atoms with Gasteiger partial charge in [0.15, 0.2) is 0 Å². The topological polar surface area (TPSA) is 50.9 Å². The first kappa shape index (κ1) is 36.7. The molecule has 0 fully saturated rings. The zero-order valence-electron chi connectivity index (χ0n) is 37.3. The van der Waals surface area contributed by atoms with E-state index in [4.69, 9.17) is 14.1 Å². The Balaban J connectivity index is 0.00000561. The van der Waals surface area contributed by atoms with Crippen LogP contribution in [0, 0.1) is 26.8 Å². The van der Waals surface area contributed by atoms with E-state index in [1.165, 1.54) is 0 Å². The standard InChI is InChI=1S/C53H50N3O.Pt/c1-33-18-20-37(21-19-33)39-24-25-54-46(32-39)41-28-40(29-42(30-41)52(4,5)6)43-16-13-17-48-49(43)55-51(44-27-34(2)26-35(3)50(44)57)56(48)47-23-22-38(31-45(47)53(7,8)9)36-14-11-10-12-15-36;/h10-27,29-32,57H,1-9H3;/q-1;/i1D3;. The minimum atomic E-state index is -2.17. The Morgan fingerprint density at radius 2 is 1.33 bits per heavy atom. The second-order valence-corrected chi connectivity index (χ2v) is 17.2. The van der Waals surface area contributed by atoms with Crippen molar-refractivity contribution in [3.63, 3.8) is 0 Å². The molecular weight excluding hydrogens is 890 g/mol. The van der Waals surface area contributed by atoms with E-state index in [1.807, 2.05) is 56.3 Å². The quantitative estimate of drug-likeness (QED) is 0.169. The van der Waals surface area contributed by atoms with E-state index in [0.29, 0.717) is 17.0 Å². The average Bonchev–Trinajstić information content (AvgIpc) is 3.61. The van der Waals surface area contributed by atoms with Crippen molar-refractivity contribution in [1.82, 2.24) is 14.5 Å². The van der Waals surface area contributed by atoms with Gasteiger partial charge in [0.25, 0.3) is 0 Å². The summed E-state index contributed by atoms with van der Waals surface area (Å²) in [4.78, 5) is 10.3. The molecule has 0 aliphatic carbocycles. The molecule has 0 radical (unpaired) electrons. The van der Waals surface area contributed by atoms with Crippen LogP contribution in [-0.4, -0.2) is 19.6 Å². The van der Waals surface area contributed by atoms with Gasteiger partial charge in [-0.2, -0.15) is 0 Å². The number of phenolic OH excluding ortho intramolecular Hbond substituents is 1. The molecule has 8 rings (SSSR count). The molecule has 0 aliphatic rings. The van der Waals surface area contributed by atoms with E-state index in [9.17, 15) is 5.11 Å². The number of aryl methyl sites for hydroxylation is 3. The fourth-order valence-electron chi connectivity index (χ4n) is 7.72. The summed E-state index contributed by atoms with van der Waals surface area (Å²) in [5.74, 6) is 0.866. The third-order valence-corrected chi connectivity index (χ3v) is 10.8. The number of para-hydroxylation sites is 1. The van der Waals surface area contributed by atoms with Crippen LogP contribution in [0.25, 0.3) is 72.7 Å². The summed E-state index contributed by atoms with van der Waals surface area (Å²) in [5, 5.41) is 11.7. The van der Waals surface area contributed by atoms with Crippen LogP contribution in [0.1, 0.15) is 73.5 Å². The van der Waals surface area contributed by atoms with E-state index < -0.39 is 6.85 Å². The SMILES string of the molecule is [2H]C([2H])([2H])c1ccc(-c2ccnc(-c3[c-]c(-c4cccc5c4nc(-c4cc(C)cc(C)c4O)n5-c4ccc(-c5ccccc5)cc4C(C)(C)C)cc(C(C)(C)C)c3)c2)cc1.[Pt]. The van der Waals surface area contributed by atoms with E-state index in [2.05, 4.69) is 125 Å². The van der Waals surface area contributed by atoms with Gasteiger partial charge in [-0.25, -0.2) is 4.98 Å². The fourth-order valence-corrected chi connectivity index (χ4v) is 7.72. The molecule has 0 unspecified atom stereocenters. The second kappa shape index (κ2) is 15.6. The van der Waals surface area contributed by atoms with Crippen molar-refractivity contribution in [1.29, 1.82) is 0 Å². The first-order valence-electron chi connectivity index (χ1n) is 21.0. The van der Waals surface area contributed by atoms with Gasteiger partial charge < -0.3 is 5.11 Å². The molecule has 0 bridgehead atoms. The summed E-state index contributed by atoms with van der Waals surface area (Å²) in [6, 6.07) is 46.6. The number of pyridine rings is 1. The summed E-state index contributed by atoms with van der Waals surface area (Å²) < 4.78 is 25.6. The van der Waals surface area contributed by atoms with Crippen LogP contribution >= 0.6 is 0 Å². The Bertz CT molecular complexity index is 2900. The molecule has 8 aromatic rings. The van der Waals surface area contributed by atoms with Gasteiger partial charge in [-0.3, -0.25) is 9.55 Å². The molecule has 294 valence electrons. The number of nitrogens with zero attached hydrogens (tertiary/aromatic N) is 3. The average molecular weight is 943 g/mol. The van der Waals surface area contributed by atoms with Crippen LogP contribution in [0.15, 0.2) is 134 Å². The van der Waals surface area contributed by atoms with Crippen molar-refractivity contribution in [3.05, 3.63) is 167 Å². The summed E-state index contributed by atoms with van der Waals surface area (Å²) in [6.07, 6.45) is 1.79. The molecule has 1 N–H and O–H groups in total. The van der Waals surface area contributed by atoms with E-state index in [0.717, 1.165) is 83.6 Å². The van der Waals surface area contributed by atoms with Crippen LogP contribution in [0.5, 0.6) is 5.75 Å². The smallest absolute Gasteiger partial charge is 0.148 e. The maximum Gasteiger partial charge on any atom is 0.148 e. The summed E-state index contributed by atoms with van der Waals surface area (Å²) in [6.45, 7) is 15.1. The van der Waals surface area contributed by atoms with Crippen molar-refractivity contribution >= 4 is 11.0 Å². The second-order valence-electron chi connectivity index (χ2n) is 17.2. The largest absolute Gasteiger partial charge is 0.507 e. The fraction of sp³-hybridized carbons (Fsp3) is 0.208. The normalized spacial score (nSPS) is 12.8. The Kier molecular flexibility index (Phi) is 9.91. The predicted octanol–water partition coefficient (Wildman–Crippen LogP) is 13.8. The van der Waals surface area contributed by atoms with E-state index >= 15 is 0 Å². The Labute approximate surface area is 362 Å². The number of aromatic hydroxyl groups is 1. The first-order chi connectivity index (χ1) is 28.4. The van der Waals surface area contributed by atoms with Crippen molar-refractivity contribution in [2.75, 3.05) is 0 Å². The molecule has 58 heavy (non-hydrogen) atoms. The van der Waals surface area contributed by atoms with Crippen molar-refractivity contribution < 1.29 is 30.3 Å². The number of imidazole rings is 1. The number of hydrogen-bond acceptors (Lipinski definition) is 3. The minimum absolute atomic E-state index is 0. The molecule has 5 heteroatoms. The molecule has 0 amide bonds. The molecule has 0 saturated heterocycles. The minimum Gasteiger partial charge on any atom is -0.507 e. The molecule has 6 aromatic carbocycles. The van der Waals surface area contributed by atoms with Crippen LogP contribution < -0.4 is 0 Å². The van der Waals surface area contributed by atoms with Gasteiger partial charge in [0.2, 0.25) is 0 Å². The maximum atomic E-state index is 11.7. The van der Waals surface area contributed by atoms with Crippen molar-refractivity contribution in [2.45, 2.75) is 73.1 Å². The molecular formula is C53H50N3OPt-. The number of hydrogen-bond donors (Lipinski definition) is 1. The Morgan fingerprint density at radius 3 is 2.03 bits per heavy atom. The van der Waals surface area contributed by atoms with Crippen LogP contribution in [0.3, 0.4) is 0 Å². The van der Waals surface area contributed by atoms with Gasteiger partial charge in [0, 0.05) is 37.1 Å². The van der Waals surface area contributed by atoms with E-state index in [1.54, 1.807) is 18.3 Å². The van der Waals surface area contributed by atoms with Gasteiger partial charge in [-0.05, 0) is 101 Å². The number of aromatic nitrogens is 3. The van der Waals surface area contributed by atoms with Gasteiger partial charge in [0.05, 0.1) is 22.3 Å². The van der Waals surface area contributed by atoms with Crippen LogP contribution in [0.2, 0.25) is 0 Å². The van der Waals surface area contributed by atoms with Crippen molar-refractivity contribution in [3.8, 4) is 67.5 Å². The summed E-state index contributed by atoms with van der Waals surface area (Å²) in [7, 11) is 0. The summed E-state index contributed by atoms with van der Waals surface area (Å²) >= 11 is 0. The number of phenols is 1. The van der Waals surface area contributed by atoms with Gasteiger partial charge in [-0.1, -0.05) is 143 Å². The Hall–Kier alpha value is -5.57. The monoisotopic (exact) mass is 942 g/mol. The maximum absolute atomic E-state index is 11.7. The molecule has 4 nitrogen and oxygen atoms in total.